The smallest absolute Gasteiger partial charge is 0.0174 e. The quantitative estimate of drug-likeness (QED) is 0.657. The highest BCUT2D eigenvalue weighted by Crippen LogP contribution is 2.21. The van der Waals surface area contributed by atoms with E-state index in [2.05, 4.69) is 11.9 Å². The molecule has 1 aliphatic rings. The summed E-state index contributed by atoms with van der Waals surface area (Å²) in [5.41, 5.74) is 1.61. The van der Waals surface area contributed by atoms with E-state index in [0.29, 0.717) is 0 Å². The molecule has 70 valence electrons. The predicted octanol–water partition coefficient (Wildman–Crippen LogP) is 3.00. The Hall–Kier alpha value is -0.0100. The van der Waals surface area contributed by atoms with Crippen LogP contribution in [0.3, 0.4) is 0 Å². The number of likely N-dealkylation sites (N-methyl/N-ethyl adjacent to an activating group) is 1. The van der Waals surface area contributed by atoms with Gasteiger partial charge in [0.1, 0.15) is 0 Å². The molecule has 12 heavy (non-hydrogen) atoms. The topological polar surface area (TPSA) is 3.24 Å². The summed E-state index contributed by atoms with van der Waals surface area (Å²) in [5, 5.41) is 0. The summed E-state index contributed by atoms with van der Waals surface area (Å²) in [6, 6.07) is 0.798. The number of halogens is 1. The fourth-order valence-corrected chi connectivity index (χ4v) is 1.96. The molecule has 0 aromatic carbocycles. The van der Waals surface area contributed by atoms with E-state index in [1.165, 1.54) is 32.1 Å². The molecule has 0 bridgehead atoms. The highest BCUT2D eigenvalue weighted by molar-refractivity contribution is 6.25. The van der Waals surface area contributed by atoms with Crippen LogP contribution in [0.5, 0.6) is 0 Å². The molecule has 0 N–H and O–H groups in total. The van der Waals surface area contributed by atoms with E-state index >= 15 is 0 Å². The average Bonchev–Trinajstić information content (AvgIpc) is 2.15. The number of rotatable bonds is 3. The minimum atomic E-state index is 0.798. The second-order valence-electron chi connectivity index (χ2n) is 3.59. The zero-order chi connectivity index (χ0) is 8.81. The van der Waals surface area contributed by atoms with Crippen LogP contribution in [0.4, 0.5) is 0 Å². The van der Waals surface area contributed by atoms with Gasteiger partial charge < -0.3 is 0 Å². The van der Waals surface area contributed by atoms with E-state index in [1.807, 2.05) is 6.08 Å². The van der Waals surface area contributed by atoms with Crippen molar-refractivity contribution in [2.24, 2.45) is 0 Å². The molecule has 1 nitrogen and oxygen atoms in total. The number of hydrogen-bond donors (Lipinski definition) is 0. The Labute approximate surface area is 80.4 Å². The molecule has 1 aliphatic carbocycles. The van der Waals surface area contributed by atoms with Gasteiger partial charge in [-0.05, 0) is 19.9 Å². The largest absolute Gasteiger partial charge is 0.300 e. The van der Waals surface area contributed by atoms with Crippen LogP contribution in [0.25, 0.3) is 0 Å². The van der Waals surface area contributed by atoms with E-state index in [-0.39, 0.29) is 0 Å². The van der Waals surface area contributed by atoms with Gasteiger partial charge in [-0.1, -0.05) is 36.9 Å². The van der Waals surface area contributed by atoms with Gasteiger partial charge in [-0.3, -0.25) is 4.90 Å². The second-order valence-corrected chi connectivity index (χ2v) is 3.85. The molecule has 0 saturated heterocycles. The summed E-state index contributed by atoms with van der Waals surface area (Å²) in [6.45, 7) is 0.994. The molecule has 0 aromatic heterocycles. The molecule has 0 amide bonds. The summed E-state index contributed by atoms with van der Waals surface area (Å²) < 4.78 is 0. The molecule has 2 heteroatoms. The molecule has 0 aromatic rings. The predicted molar refractivity (Wildman–Crippen MR) is 54.5 cm³/mol. The lowest BCUT2D eigenvalue weighted by Crippen LogP contribution is -2.33. The zero-order valence-corrected chi connectivity index (χ0v) is 8.56. The van der Waals surface area contributed by atoms with Crippen LogP contribution >= 0.6 is 11.6 Å². The van der Waals surface area contributed by atoms with Crippen molar-refractivity contribution in [3.63, 3.8) is 0 Å². The van der Waals surface area contributed by atoms with Gasteiger partial charge in [0.15, 0.2) is 0 Å². The Morgan fingerprint density at radius 1 is 1.33 bits per heavy atom. The van der Waals surface area contributed by atoms with Crippen LogP contribution in [0.2, 0.25) is 0 Å². The lowest BCUT2D eigenvalue weighted by atomic mass is 9.94. The van der Waals surface area contributed by atoms with E-state index in [0.717, 1.165) is 12.6 Å². The molecule has 1 fully saturated rings. The monoisotopic (exact) mass is 187 g/mol. The van der Waals surface area contributed by atoms with Gasteiger partial charge in [0, 0.05) is 18.1 Å². The summed E-state index contributed by atoms with van der Waals surface area (Å²) >= 11 is 5.48. The molecule has 0 heterocycles. The van der Waals surface area contributed by atoms with Crippen molar-refractivity contribution < 1.29 is 0 Å². The normalized spacial score (nSPS) is 20.9. The standard InChI is InChI=1S/C10H18ClN/c1-12(9-5-8-11)10-6-3-2-4-7-10/h5,8,10H,2-4,6-7,9H2,1H3/b8-5+. The summed E-state index contributed by atoms with van der Waals surface area (Å²) in [6.07, 6.45) is 8.98. The van der Waals surface area contributed by atoms with Crippen molar-refractivity contribution in [1.29, 1.82) is 0 Å². The van der Waals surface area contributed by atoms with Crippen molar-refractivity contribution in [2.45, 2.75) is 38.1 Å². The maximum atomic E-state index is 5.48. The molecule has 0 atom stereocenters. The van der Waals surface area contributed by atoms with Crippen molar-refractivity contribution in [3.8, 4) is 0 Å². The molecule has 0 radical (unpaired) electrons. The third-order valence-electron chi connectivity index (χ3n) is 2.68. The first-order chi connectivity index (χ1) is 5.84. The Balaban J connectivity index is 2.24. The van der Waals surface area contributed by atoms with Crippen molar-refractivity contribution in [1.82, 2.24) is 4.90 Å². The van der Waals surface area contributed by atoms with Crippen molar-refractivity contribution in [3.05, 3.63) is 11.6 Å². The molecule has 1 saturated carbocycles. The van der Waals surface area contributed by atoms with Crippen molar-refractivity contribution >= 4 is 11.6 Å². The number of nitrogens with zero attached hydrogens (tertiary/aromatic N) is 1. The lowest BCUT2D eigenvalue weighted by molar-refractivity contribution is 0.209. The second kappa shape index (κ2) is 5.60. The van der Waals surface area contributed by atoms with E-state index in [9.17, 15) is 0 Å². The molecule has 0 spiro atoms. The van der Waals surface area contributed by atoms with E-state index < -0.39 is 0 Å². The van der Waals surface area contributed by atoms with Crippen LogP contribution in [-0.2, 0) is 0 Å². The third-order valence-corrected chi connectivity index (χ3v) is 2.86. The molecular formula is C10H18ClN. The molecule has 0 unspecified atom stereocenters. The van der Waals surface area contributed by atoms with Gasteiger partial charge in [-0.15, -0.1) is 0 Å². The first kappa shape index (κ1) is 10.1. The minimum absolute atomic E-state index is 0.798. The van der Waals surface area contributed by atoms with Gasteiger partial charge in [-0.2, -0.15) is 0 Å². The van der Waals surface area contributed by atoms with Crippen LogP contribution in [-0.4, -0.2) is 24.5 Å². The van der Waals surface area contributed by atoms with Gasteiger partial charge in [-0.25, -0.2) is 0 Å². The minimum Gasteiger partial charge on any atom is -0.300 e. The lowest BCUT2D eigenvalue weighted by Gasteiger charge is -2.30. The van der Waals surface area contributed by atoms with Crippen LogP contribution in [0.1, 0.15) is 32.1 Å². The Morgan fingerprint density at radius 3 is 2.58 bits per heavy atom. The summed E-state index contributed by atoms with van der Waals surface area (Å²) in [7, 11) is 2.19. The first-order valence-corrected chi connectivity index (χ1v) is 5.23. The summed E-state index contributed by atoms with van der Waals surface area (Å²) in [5.74, 6) is 0. The highest BCUT2D eigenvalue weighted by Gasteiger charge is 2.16. The third kappa shape index (κ3) is 3.16. The average molecular weight is 188 g/mol. The maximum absolute atomic E-state index is 5.48. The van der Waals surface area contributed by atoms with Crippen molar-refractivity contribution in [2.75, 3.05) is 13.6 Å². The van der Waals surface area contributed by atoms with Gasteiger partial charge in [0.2, 0.25) is 0 Å². The summed E-state index contributed by atoms with van der Waals surface area (Å²) in [4.78, 5) is 2.40. The Morgan fingerprint density at radius 2 is 2.00 bits per heavy atom. The highest BCUT2D eigenvalue weighted by atomic mass is 35.5. The van der Waals surface area contributed by atoms with Crippen LogP contribution < -0.4 is 0 Å². The van der Waals surface area contributed by atoms with E-state index in [1.54, 1.807) is 5.54 Å². The first-order valence-electron chi connectivity index (χ1n) is 4.80. The van der Waals surface area contributed by atoms with Crippen LogP contribution in [0, 0.1) is 0 Å². The van der Waals surface area contributed by atoms with E-state index in [4.69, 9.17) is 11.6 Å². The van der Waals surface area contributed by atoms with Crippen LogP contribution in [0.15, 0.2) is 11.6 Å². The SMILES string of the molecule is CN(C/C=C/Cl)C1CCCCC1. The van der Waals surface area contributed by atoms with Gasteiger partial charge >= 0.3 is 0 Å². The Kier molecular flexibility index (Phi) is 4.70. The fourth-order valence-electron chi connectivity index (χ4n) is 1.88. The maximum Gasteiger partial charge on any atom is 0.0174 e. The molecule has 0 aliphatic heterocycles. The molecular weight excluding hydrogens is 170 g/mol. The van der Waals surface area contributed by atoms with Gasteiger partial charge in [0.25, 0.3) is 0 Å². The van der Waals surface area contributed by atoms with Gasteiger partial charge in [0.05, 0.1) is 0 Å². The Bertz CT molecular complexity index is 139. The zero-order valence-electron chi connectivity index (χ0n) is 7.80. The number of hydrogen-bond acceptors (Lipinski definition) is 1. The fraction of sp³-hybridized carbons (Fsp3) is 0.800. The molecule has 1 rings (SSSR count).